The van der Waals surface area contributed by atoms with Gasteiger partial charge in [-0.25, -0.2) is 14.8 Å². The average Bonchev–Trinajstić information content (AvgIpc) is 3.37. The van der Waals surface area contributed by atoms with Gasteiger partial charge in [0.25, 0.3) is 0 Å². The van der Waals surface area contributed by atoms with Crippen molar-refractivity contribution >= 4 is 28.5 Å². The van der Waals surface area contributed by atoms with Crippen molar-refractivity contribution in [2.45, 2.75) is 52.1 Å². The normalized spacial score (nSPS) is 22.4. The molecule has 2 unspecified atom stereocenters. The molecule has 32 heavy (non-hydrogen) atoms. The van der Waals surface area contributed by atoms with Gasteiger partial charge in [0.2, 0.25) is 0 Å². The number of carbonyl (C=O) groups is 1. The number of fused-ring (bicyclic) bond motifs is 3. The second-order valence-corrected chi connectivity index (χ2v) is 9.90. The fraction of sp³-hybridized carbons (Fsp3) is 0.542. The van der Waals surface area contributed by atoms with Crippen molar-refractivity contribution in [2.75, 3.05) is 26.3 Å². The van der Waals surface area contributed by atoms with Gasteiger partial charge < -0.3 is 19.4 Å². The molecule has 5 rings (SSSR count). The van der Waals surface area contributed by atoms with Crippen LogP contribution in [0.1, 0.15) is 57.7 Å². The van der Waals surface area contributed by atoms with Gasteiger partial charge in [0.1, 0.15) is 5.60 Å². The smallest absolute Gasteiger partial charge is 0.410 e. The van der Waals surface area contributed by atoms with E-state index in [1.165, 1.54) is 5.57 Å². The number of hydrogen-bond donors (Lipinski definition) is 1. The van der Waals surface area contributed by atoms with Gasteiger partial charge in [-0.2, -0.15) is 0 Å². The lowest BCUT2D eigenvalue weighted by molar-refractivity contribution is 0.0154. The third-order valence-corrected chi connectivity index (χ3v) is 6.38. The minimum Gasteiger partial charge on any atom is -0.444 e. The van der Waals surface area contributed by atoms with Gasteiger partial charge in [0.05, 0.1) is 30.6 Å². The molecular weight excluding hydrogens is 406 g/mol. The average molecular weight is 438 g/mol. The molecule has 3 aromatic heterocycles. The molecule has 0 radical (unpaired) electrons. The molecule has 1 N–H and O–H groups in total. The van der Waals surface area contributed by atoms with Gasteiger partial charge in [0, 0.05) is 37.0 Å². The number of aromatic amines is 1. The highest BCUT2D eigenvalue weighted by atomic mass is 16.6. The predicted octanol–water partition coefficient (Wildman–Crippen LogP) is 4.37. The minimum atomic E-state index is -0.481. The van der Waals surface area contributed by atoms with E-state index in [1.54, 1.807) is 0 Å². The first-order chi connectivity index (χ1) is 15.3. The highest BCUT2D eigenvalue weighted by Crippen LogP contribution is 2.35. The standard InChI is InChI=1S/C24H31N5O3/c1-15-13-28(23(30)32-24(2,3)4)8-5-17(15)19-14-29-20(27-19)12-26-22-21(29)18(11-25-22)16-6-9-31-10-7-16/h6,11-12,14-15,17,25H,5,7-10,13H2,1-4H3. The van der Waals surface area contributed by atoms with Crippen LogP contribution in [-0.4, -0.2) is 62.3 Å². The Morgan fingerprint density at radius 1 is 1.34 bits per heavy atom. The molecule has 3 aromatic rings. The zero-order valence-corrected chi connectivity index (χ0v) is 19.2. The molecule has 2 aliphatic rings. The molecule has 5 heterocycles. The third-order valence-electron chi connectivity index (χ3n) is 6.38. The fourth-order valence-corrected chi connectivity index (χ4v) is 4.83. The number of piperidine rings is 1. The van der Waals surface area contributed by atoms with Crippen molar-refractivity contribution in [1.29, 1.82) is 0 Å². The number of amides is 1. The first kappa shape index (κ1) is 21.0. The second kappa shape index (κ2) is 7.92. The van der Waals surface area contributed by atoms with Crippen molar-refractivity contribution < 1.29 is 14.3 Å². The Kier molecular flexibility index (Phi) is 5.20. The van der Waals surface area contributed by atoms with Crippen LogP contribution >= 0.6 is 0 Å². The molecule has 8 heteroatoms. The van der Waals surface area contributed by atoms with Crippen LogP contribution in [0.4, 0.5) is 4.79 Å². The lowest BCUT2D eigenvalue weighted by atomic mass is 9.85. The van der Waals surface area contributed by atoms with Crippen LogP contribution < -0.4 is 0 Å². The summed E-state index contributed by atoms with van der Waals surface area (Å²) in [6.45, 7) is 10.6. The van der Waals surface area contributed by atoms with Crippen molar-refractivity contribution in [1.82, 2.24) is 24.3 Å². The summed E-state index contributed by atoms with van der Waals surface area (Å²) >= 11 is 0. The Morgan fingerprint density at radius 3 is 2.91 bits per heavy atom. The first-order valence-corrected chi connectivity index (χ1v) is 11.4. The predicted molar refractivity (Wildman–Crippen MR) is 123 cm³/mol. The van der Waals surface area contributed by atoms with Gasteiger partial charge in [0.15, 0.2) is 11.3 Å². The van der Waals surface area contributed by atoms with E-state index in [4.69, 9.17) is 14.5 Å². The molecular formula is C24H31N5O3. The molecule has 8 nitrogen and oxygen atoms in total. The largest absolute Gasteiger partial charge is 0.444 e. The van der Waals surface area contributed by atoms with Crippen molar-refractivity contribution in [3.8, 4) is 0 Å². The maximum absolute atomic E-state index is 12.5. The van der Waals surface area contributed by atoms with Crippen LogP contribution in [0, 0.1) is 5.92 Å². The quantitative estimate of drug-likeness (QED) is 0.643. The summed E-state index contributed by atoms with van der Waals surface area (Å²) in [7, 11) is 0. The molecule has 0 spiro atoms. The van der Waals surface area contributed by atoms with Crippen LogP contribution in [0.3, 0.4) is 0 Å². The summed E-state index contributed by atoms with van der Waals surface area (Å²) in [5.74, 6) is 0.571. The van der Waals surface area contributed by atoms with E-state index in [0.29, 0.717) is 19.7 Å². The van der Waals surface area contributed by atoms with Crippen molar-refractivity contribution in [3.05, 3.63) is 35.9 Å². The number of ether oxygens (including phenoxy) is 2. The third kappa shape index (κ3) is 3.88. The van der Waals surface area contributed by atoms with E-state index in [2.05, 4.69) is 33.6 Å². The number of rotatable bonds is 2. The Hall–Kier alpha value is -2.87. The maximum atomic E-state index is 12.5. The Bertz CT molecular complexity index is 1190. The lowest BCUT2D eigenvalue weighted by Gasteiger charge is -2.37. The van der Waals surface area contributed by atoms with Crippen LogP contribution in [0.2, 0.25) is 0 Å². The topological polar surface area (TPSA) is 84.8 Å². The van der Waals surface area contributed by atoms with Gasteiger partial charge in [-0.15, -0.1) is 0 Å². The van der Waals surface area contributed by atoms with Crippen LogP contribution in [0.25, 0.3) is 22.4 Å². The van der Waals surface area contributed by atoms with E-state index in [0.717, 1.165) is 47.5 Å². The summed E-state index contributed by atoms with van der Waals surface area (Å²) in [4.78, 5) is 27.2. The minimum absolute atomic E-state index is 0.231. The molecule has 0 aliphatic carbocycles. The number of aromatic nitrogens is 4. The second-order valence-electron chi connectivity index (χ2n) is 9.90. The highest BCUT2D eigenvalue weighted by Gasteiger charge is 2.33. The number of imidazole rings is 1. The molecule has 0 saturated carbocycles. The Balaban J connectivity index is 1.43. The Morgan fingerprint density at radius 2 is 2.19 bits per heavy atom. The van der Waals surface area contributed by atoms with Crippen molar-refractivity contribution in [3.63, 3.8) is 0 Å². The first-order valence-electron chi connectivity index (χ1n) is 11.4. The molecule has 1 saturated heterocycles. The number of likely N-dealkylation sites (tertiary alicyclic amines) is 1. The summed E-state index contributed by atoms with van der Waals surface area (Å²) in [6.07, 6.45) is 9.69. The molecule has 0 bridgehead atoms. The summed E-state index contributed by atoms with van der Waals surface area (Å²) < 4.78 is 13.2. The SMILES string of the molecule is CC1CN(C(=O)OC(C)(C)C)CCC1c1cn2c(cnc3[nH]cc(C4=CCOCC4)c32)n1. The summed E-state index contributed by atoms with van der Waals surface area (Å²) in [5.41, 5.74) is 5.80. The van der Waals surface area contributed by atoms with E-state index in [1.807, 2.05) is 38.1 Å². The van der Waals surface area contributed by atoms with E-state index < -0.39 is 5.60 Å². The van der Waals surface area contributed by atoms with Crippen molar-refractivity contribution in [2.24, 2.45) is 5.92 Å². The van der Waals surface area contributed by atoms with E-state index in [9.17, 15) is 4.79 Å². The highest BCUT2D eigenvalue weighted by molar-refractivity contribution is 5.89. The van der Waals surface area contributed by atoms with Crippen LogP contribution in [0.5, 0.6) is 0 Å². The number of H-pyrrole nitrogens is 1. The molecule has 2 atom stereocenters. The molecule has 2 aliphatic heterocycles. The maximum Gasteiger partial charge on any atom is 0.410 e. The monoisotopic (exact) mass is 437 g/mol. The molecule has 1 amide bonds. The van der Waals surface area contributed by atoms with Gasteiger partial charge in [-0.05, 0) is 45.1 Å². The van der Waals surface area contributed by atoms with Gasteiger partial charge in [-0.1, -0.05) is 13.0 Å². The number of hydrogen-bond acceptors (Lipinski definition) is 5. The summed E-state index contributed by atoms with van der Waals surface area (Å²) in [5, 5.41) is 0. The van der Waals surface area contributed by atoms with E-state index >= 15 is 0 Å². The molecule has 0 aromatic carbocycles. The number of carbonyl (C=O) groups excluding carboxylic acids is 1. The Labute approximate surface area is 187 Å². The number of nitrogens with zero attached hydrogens (tertiary/aromatic N) is 4. The van der Waals surface area contributed by atoms with Crippen LogP contribution in [-0.2, 0) is 9.47 Å². The van der Waals surface area contributed by atoms with Gasteiger partial charge in [-0.3, -0.25) is 4.40 Å². The number of nitrogens with one attached hydrogen (secondary N) is 1. The fourth-order valence-electron chi connectivity index (χ4n) is 4.83. The lowest BCUT2D eigenvalue weighted by Crippen LogP contribution is -2.44. The van der Waals surface area contributed by atoms with E-state index in [-0.39, 0.29) is 17.9 Å². The van der Waals surface area contributed by atoms with Crippen LogP contribution in [0.15, 0.2) is 24.7 Å². The zero-order chi connectivity index (χ0) is 22.5. The summed E-state index contributed by atoms with van der Waals surface area (Å²) in [6, 6.07) is 0. The zero-order valence-electron chi connectivity index (χ0n) is 19.2. The molecule has 170 valence electrons. The van der Waals surface area contributed by atoms with Gasteiger partial charge >= 0.3 is 6.09 Å². The molecule has 1 fully saturated rings.